The van der Waals surface area contributed by atoms with Crippen LogP contribution in [0.1, 0.15) is 90.3 Å². The number of benzene rings is 1. The van der Waals surface area contributed by atoms with Crippen molar-refractivity contribution in [2.24, 2.45) is 16.8 Å². The topological polar surface area (TPSA) is 80.5 Å². The number of pyridine rings is 1. The second-order valence-corrected chi connectivity index (χ2v) is 9.11. The van der Waals surface area contributed by atoms with Crippen LogP contribution in [0.3, 0.4) is 0 Å². The quantitative estimate of drug-likeness (QED) is 0.317. The van der Waals surface area contributed by atoms with E-state index < -0.39 is 5.92 Å². The Morgan fingerprint density at radius 2 is 1.57 bits per heavy atom. The number of hydrogen-bond acceptors (Lipinski definition) is 5. The highest BCUT2D eigenvalue weighted by atomic mass is 19.3. The van der Waals surface area contributed by atoms with Crippen molar-refractivity contribution in [3.8, 4) is 0 Å². The van der Waals surface area contributed by atoms with Crippen LogP contribution < -0.4 is 11.5 Å². The summed E-state index contributed by atoms with van der Waals surface area (Å²) in [7, 11) is 3.50. The van der Waals surface area contributed by atoms with Gasteiger partial charge in [-0.2, -0.15) is 13.9 Å². The molecule has 1 aliphatic carbocycles. The number of rotatable bonds is 3. The summed E-state index contributed by atoms with van der Waals surface area (Å²) in [6.07, 6.45) is 13.5. The van der Waals surface area contributed by atoms with Crippen molar-refractivity contribution in [3.63, 3.8) is 0 Å². The molecule has 0 spiro atoms. The van der Waals surface area contributed by atoms with E-state index in [-0.39, 0.29) is 5.69 Å². The maximum atomic E-state index is 13.1. The zero-order valence-electron chi connectivity index (χ0n) is 24.3. The minimum absolute atomic E-state index is 0.290. The van der Waals surface area contributed by atoms with E-state index >= 15 is 0 Å². The van der Waals surface area contributed by atoms with E-state index in [4.69, 9.17) is 5.73 Å². The summed E-state index contributed by atoms with van der Waals surface area (Å²) in [4.78, 5) is 3.92. The highest BCUT2D eigenvalue weighted by Gasteiger charge is 2.27. The Morgan fingerprint density at radius 1 is 1.05 bits per heavy atom. The largest absolute Gasteiger partial charge is 0.398 e. The first-order valence-corrected chi connectivity index (χ1v) is 13.7. The van der Waals surface area contributed by atoms with Gasteiger partial charge in [0.05, 0.1) is 5.52 Å². The lowest BCUT2D eigenvalue weighted by Crippen LogP contribution is -2.13. The predicted molar refractivity (Wildman–Crippen MR) is 158 cm³/mol. The second-order valence-electron chi connectivity index (χ2n) is 9.11. The van der Waals surface area contributed by atoms with Gasteiger partial charge >= 0.3 is 0 Å². The fourth-order valence-electron chi connectivity index (χ4n) is 4.10. The second kappa shape index (κ2) is 18.7. The summed E-state index contributed by atoms with van der Waals surface area (Å²) < 4.78 is 26.2. The molecule has 1 fully saturated rings. The molecule has 4 rings (SSSR count). The molecule has 0 saturated heterocycles. The summed E-state index contributed by atoms with van der Waals surface area (Å²) in [5.41, 5.74) is 13.1. The monoisotopic (exact) mass is 519 g/mol. The number of anilines is 1. The van der Waals surface area contributed by atoms with Crippen molar-refractivity contribution < 1.29 is 8.78 Å². The van der Waals surface area contributed by atoms with Crippen LogP contribution in [0.25, 0.3) is 10.9 Å². The van der Waals surface area contributed by atoms with Crippen LogP contribution >= 0.6 is 0 Å². The fourth-order valence-corrected chi connectivity index (χ4v) is 4.10. The molecule has 1 aromatic carbocycles. The van der Waals surface area contributed by atoms with Crippen LogP contribution in [0.15, 0.2) is 42.0 Å². The fraction of sp³-hybridized carbons (Fsp3) is 0.600. The molecule has 2 aliphatic rings. The number of hydrazone groups is 1. The highest BCUT2D eigenvalue weighted by molar-refractivity contribution is 5.91. The normalized spacial score (nSPS) is 16.8. The summed E-state index contributed by atoms with van der Waals surface area (Å²) in [5, 5.41) is 7.03. The van der Waals surface area contributed by atoms with Gasteiger partial charge in [0.2, 0.25) is 0 Å². The Morgan fingerprint density at radius 3 is 1.97 bits per heavy atom. The number of alkyl halides is 2. The van der Waals surface area contributed by atoms with Crippen LogP contribution in [0.5, 0.6) is 0 Å². The van der Waals surface area contributed by atoms with Gasteiger partial charge in [-0.15, -0.1) is 6.58 Å². The molecule has 1 atom stereocenters. The molecule has 0 radical (unpaired) electrons. The third-order valence-corrected chi connectivity index (χ3v) is 6.03. The number of nitrogens with two attached hydrogens (primary N) is 2. The van der Waals surface area contributed by atoms with E-state index in [1.165, 1.54) is 63.8 Å². The van der Waals surface area contributed by atoms with Gasteiger partial charge in [-0.25, -0.2) is 4.98 Å². The molecule has 1 aromatic heterocycles. The summed E-state index contributed by atoms with van der Waals surface area (Å²) >= 11 is 0. The number of nitrogens with zero attached hydrogens (tertiary/aromatic N) is 3. The lowest BCUT2D eigenvalue weighted by atomic mass is 10.0. The molecule has 210 valence electrons. The molecule has 1 aliphatic heterocycles. The van der Waals surface area contributed by atoms with E-state index in [0.717, 1.165) is 25.5 Å². The van der Waals surface area contributed by atoms with Gasteiger partial charge in [0, 0.05) is 43.2 Å². The SMILES string of the molecule is C1CCCCCC1.C=CC1CN(C)N=C1CC.CC.CN.Cc1ccc2nc(C(C)(F)F)cc(N)c2c1. The molecule has 2 heterocycles. The number of nitrogen functional groups attached to an aromatic ring is 1. The van der Waals surface area contributed by atoms with Gasteiger partial charge in [-0.3, -0.25) is 5.01 Å². The lowest BCUT2D eigenvalue weighted by molar-refractivity contribution is 0.0131. The molecule has 0 bridgehead atoms. The van der Waals surface area contributed by atoms with Gasteiger partial charge < -0.3 is 11.5 Å². The van der Waals surface area contributed by atoms with E-state index in [2.05, 4.69) is 29.3 Å². The van der Waals surface area contributed by atoms with E-state index in [1.807, 2.05) is 51.0 Å². The Kier molecular flexibility index (Phi) is 17.4. The predicted octanol–water partition coefficient (Wildman–Crippen LogP) is 8.07. The number of hydrogen-bond donors (Lipinski definition) is 2. The molecule has 7 heteroatoms. The summed E-state index contributed by atoms with van der Waals surface area (Å²) in [6.45, 7) is 13.6. The Bertz CT molecular complexity index is 918. The third-order valence-electron chi connectivity index (χ3n) is 6.03. The van der Waals surface area contributed by atoms with Crippen LogP contribution in [-0.2, 0) is 5.92 Å². The molecular formula is C30H51F2N5. The zero-order chi connectivity index (χ0) is 28.4. The van der Waals surface area contributed by atoms with Crippen LogP contribution in [0.4, 0.5) is 14.5 Å². The first-order chi connectivity index (χ1) is 17.7. The molecular weight excluding hydrogens is 468 g/mol. The minimum Gasteiger partial charge on any atom is -0.398 e. The Balaban J connectivity index is 0.000000529. The Labute approximate surface area is 224 Å². The van der Waals surface area contributed by atoms with Crippen LogP contribution in [0, 0.1) is 12.8 Å². The third kappa shape index (κ3) is 12.5. The number of fused-ring (bicyclic) bond motifs is 1. The van der Waals surface area contributed by atoms with Crippen molar-refractivity contribution >= 4 is 22.3 Å². The van der Waals surface area contributed by atoms with E-state index in [9.17, 15) is 8.78 Å². The molecule has 37 heavy (non-hydrogen) atoms. The highest BCUT2D eigenvalue weighted by Crippen LogP contribution is 2.30. The van der Waals surface area contributed by atoms with Crippen molar-refractivity contribution in [1.29, 1.82) is 0 Å². The Hall–Kier alpha value is -2.54. The van der Waals surface area contributed by atoms with Gasteiger partial charge in [0.25, 0.3) is 5.92 Å². The van der Waals surface area contributed by atoms with Crippen molar-refractivity contribution in [1.82, 2.24) is 9.99 Å². The van der Waals surface area contributed by atoms with Crippen molar-refractivity contribution in [3.05, 3.63) is 48.2 Å². The average molecular weight is 520 g/mol. The summed E-state index contributed by atoms with van der Waals surface area (Å²) in [6, 6.07) is 6.61. The van der Waals surface area contributed by atoms with Crippen molar-refractivity contribution in [2.45, 2.75) is 91.9 Å². The maximum Gasteiger partial charge on any atom is 0.287 e. The summed E-state index contributed by atoms with van der Waals surface area (Å²) in [5.74, 6) is -2.47. The van der Waals surface area contributed by atoms with Gasteiger partial charge in [-0.05, 0) is 38.6 Å². The van der Waals surface area contributed by atoms with E-state index in [1.54, 1.807) is 6.07 Å². The smallest absolute Gasteiger partial charge is 0.287 e. The van der Waals surface area contributed by atoms with Gasteiger partial charge in [0.15, 0.2) is 0 Å². The molecule has 1 unspecified atom stereocenters. The molecule has 1 saturated carbocycles. The van der Waals surface area contributed by atoms with Gasteiger partial charge in [-0.1, -0.05) is 83.4 Å². The zero-order valence-corrected chi connectivity index (χ0v) is 24.3. The standard InChI is InChI=1S/C12H12F2N2.C8H14N2.C7H14.C2H6.CH5N/c1-7-3-4-10-8(5-7)9(15)6-11(16-10)12(2,13)14;1-4-7-6-10(3)9-8(7)5-2;1-2-4-6-7-5-3-1;2*1-2/h3-6H,1-2H3,(H2,15,16);4,7H,1,5-6H2,2-3H3;1-7H2;1-2H3;2H2,1H3. The number of aromatic nitrogens is 1. The molecule has 5 nitrogen and oxygen atoms in total. The maximum absolute atomic E-state index is 13.1. The van der Waals surface area contributed by atoms with Crippen LogP contribution in [0.2, 0.25) is 0 Å². The molecule has 0 amide bonds. The number of aryl methyl sites for hydroxylation is 1. The lowest BCUT2D eigenvalue weighted by Gasteiger charge is -2.12. The first kappa shape index (κ1) is 34.5. The van der Waals surface area contributed by atoms with E-state index in [0.29, 0.717) is 22.5 Å². The average Bonchev–Trinajstić information content (AvgIpc) is 3.05. The van der Waals surface area contributed by atoms with Gasteiger partial charge in [0.1, 0.15) is 5.69 Å². The number of halogens is 2. The molecule has 2 aromatic rings. The minimum atomic E-state index is -2.97. The molecule has 4 N–H and O–H groups in total. The van der Waals surface area contributed by atoms with Crippen LogP contribution in [-0.4, -0.2) is 36.3 Å². The van der Waals surface area contributed by atoms with Crippen molar-refractivity contribution in [2.75, 3.05) is 26.4 Å². The first-order valence-electron chi connectivity index (χ1n) is 13.7.